The maximum atomic E-state index is 12.4. The molecule has 0 aliphatic heterocycles. The first-order valence-electron chi connectivity index (χ1n) is 7.85. The minimum atomic E-state index is -0.768. The molecule has 9 heteroatoms. The van der Waals surface area contributed by atoms with Crippen LogP contribution in [0.15, 0.2) is 41.5 Å². The maximum absolute atomic E-state index is 12.4. The van der Waals surface area contributed by atoms with Crippen molar-refractivity contribution in [2.45, 2.75) is 6.92 Å². The van der Waals surface area contributed by atoms with E-state index in [0.29, 0.717) is 38.6 Å². The average Bonchev–Trinajstić information content (AvgIpc) is 2.64. The lowest BCUT2D eigenvalue weighted by atomic mass is 10.2. The van der Waals surface area contributed by atoms with Gasteiger partial charge in [0.2, 0.25) is 0 Å². The van der Waals surface area contributed by atoms with Crippen LogP contribution in [0, 0.1) is 3.57 Å². The molecule has 2 amide bonds. The van der Waals surface area contributed by atoms with Gasteiger partial charge in [-0.25, -0.2) is 15.0 Å². The number of amides is 2. The van der Waals surface area contributed by atoms with Crippen molar-refractivity contribution in [3.63, 3.8) is 0 Å². The lowest BCUT2D eigenvalue weighted by molar-refractivity contribution is 0.0727. The molecule has 142 valence electrons. The fourth-order valence-corrected chi connectivity index (χ4v) is 2.81. The quantitative estimate of drug-likeness (QED) is 0.207. The third-order valence-electron chi connectivity index (χ3n) is 3.24. The Labute approximate surface area is 169 Å². The number of nitrogens with zero attached hydrogens (tertiary/aromatic N) is 1. The molecule has 0 aliphatic carbocycles. The molecule has 0 aliphatic rings. The Morgan fingerprint density at radius 1 is 1.26 bits per heavy atom. The van der Waals surface area contributed by atoms with Gasteiger partial charge in [-0.1, -0.05) is 0 Å². The van der Waals surface area contributed by atoms with Crippen molar-refractivity contribution < 1.29 is 23.8 Å². The Hall–Kier alpha value is -2.82. The van der Waals surface area contributed by atoms with Crippen molar-refractivity contribution >= 4 is 40.8 Å². The van der Waals surface area contributed by atoms with Crippen molar-refractivity contribution in [3.8, 4) is 17.2 Å². The van der Waals surface area contributed by atoms with Crippen molar-refractivity contribution in [2.24, 2.45) is 10.8 Å². The molecule has 2 aromatic rings. The van der Waals surface area contributed by atoms with Crippen molar-refractivity contribution in [3.05, 3.63) is 51.1 Å². The number of nitrogens with two attached hydrogens (primary N) is 1. The van der Waals surface area contributed by atoms with E-state index in [0.717, 1.165) is 0 Å². The summed E-state index contributed by atoms with van der Waals surface area (Å²) in [4.78, 5) is 23.1. The highest BCUT2D eigenvalue weighted by Crippen LogP contribution is 2.34. The maximum Gasteiger partial charge on any atom is 0.343 e. The molecule has 0 saturated carbocycles. The highest BCUT2D eigenvalue weighted by molar-refractivity contribution is 14.1. The fraction of sp³-hybridized carbons (Fsp3) is 0.167. The lowest BCUT2D eigenvalue weighted by Crippen LogP contribution is -2.24. The summed E-state index contributed by atoms with van der Waals surface area (Å²) in [7, 11) is 1.55. The topological polar surface area (TPSA) is 112 Å². The second kappa shape index (κ2) is 9.76. The largest absolute Gasteiger partial charge is 0.497 e. The normalized spacial score (nSPS) is 10.5. The summed E-state index contributed by atoms with van der Waals surface area (Å²) >= 11 is 2.03. The van der Waals surface area contributed by atoms with Crippen LogP contribution < -0.4 is 25.4 Å². The standard InChI is InChI=1S/C18H18IN3O5/c1-3-26-15-9-11(10-21-22-18(20)24)8-14(19)16(15)27-17(23)12-4-6-13(25-2)7-5-12/h4-10H,3H2,1-2H3,(H3,20,22,24)/b21-10-. The van der Waals surface area contributed by atoms with E-state index in [1.54, 1.807) is 43.5 Å². The second-order valence-electron chi connectivity index (χ2n) is 5.12. The molecule has 0 fully saturated rings. The number of ether oxygens (including phenoxy) is 3. The number of methoxy groups -OCH3 is 1. The Kier molecular flexibility index (Phi) is 7.41. The van der Waals surface area contributed by atoms with Gasteiger partial charge in [0.1, 0.15) is 5.75 Å². The highest BCUT2D eigenvalue weighted by atomic mass is 127. The van der Waals surface area contributed by atoms with Gasteiger partial charge in [-0.3, -0.25) is 0 Å². The van der Waals surface area contributed by atoms with E-state index < -0.39 is 12.0 Å². The van der Waals surface area contributed by atoms with E-state index in [2.05, 4.69) is 10.5 Å². The van der Waals surface area contributed by atoms with Crippen LogP contribution in [0.1, 0.15) is 22.8 Å². The molecule has 8 nitrogen and oxygen atoms in total. The Balaban J connectivity index is 2.27. The SMILES string of the molecule is CCOc1cc(/C=N\NC(N)=O)cc(I)c1OC(=O)c1ccc(OC)cc1. The van der Waals surface area contributed by atoms with Gasteiger partial charge in [-0.05, 0) is 71.5 Å². The van der Waals surface area contributed by atoms with Gasteiger partial charge >= 0.3 is 12.0 Å². The number of hydrogen-bond acceptors (Lipinski definition) is 6. The average molecular weight is 483 g/mol. The summed E-state index contributed by atoms with van der Waals surface area (Å²) in [5.74, 6) is 0.808. The number of carbonyl (C=O) groups is 2. The molecule has 0 heterocycles. The Morgan fingerprint density at radius 2 is 1.96 bits per heavy atom. The van der Waals surface area contributed by atoms with Crippen LogP contribution in [0.4, 0.5) is 4.79 Å². The van der Waals surface area contributed by atoms with Crippen LogP contribution in [0.5, 0.6) is 17.2 Å². The lowest BCUT2D eigenvalue weighted by Gasteiger charge is -2.13. The predicted octanol–water partition coefficient (Wildman–Crippen LogP) is 2.92. The van der Waals surface area contributed by atoms with E-state index >= 15 is 0 Å². The molecule has 2 rings (SSSR count). The monoisotopic (exact) mass is 483 g/mol. The first-order chi connectivity index (χ1) is 12.9. The molecular formula is C18H18IN3O5. The molecule has 0 unspecified atom stereocenters. The summed E-state index contributed by atoms with van der Waals surface area (Å²) in [5, 5.41) is 3.71. The van der Waals surface area contributed by atoms with E-state index in [-0.39, 0.29) is 0 Å². The first kappa shape index (κ1) is 20.5. The number of benzene rings is 2. The molecule has 3 N–H and O–H groups in total. The van der Waals surface area contributed by atoms with E-state index in [1.165, 1.54) is 6.21 Å². The highest BCUT2D eigenvalue weighted by Gasteiger charge is 2.17. The number of urea groups is 1. The number of nitrogens with one attached hydrogen (secondary N) is 1. The van der Waals surface area contributed by atoms with Crippen LogP contribution >= 0.6 is 22.6 Å². The molecule has 2 aromatic carbocycles. The summed E-state index contributed by atoms with van der Waals surface area (Å²) in [6.07, 6.45) is 1.41. The smallest absolute Gasteiger partial charge is 0.343 e. The Bertz CT molecular complexity index is 853. The molecule has 0 spiro atoms. The molecule has 27 heavy (non-hydrogen) atoms. The molecule has 0 bridgehead atoms. The van der Waals surface area contributed by atoms with Crippen LogP contribution in [0.25, 0.3) is 0 Å². The summed E-state index contributed by atoms with van der Waals surface area (Å²) in [6, 6.07) is 9.19. The molecule has 0 saturated heterocycles. The molecular weight excluding hydrogens is 465 g/mol. The minimum Gasteiger partial charge on any atom is -0.497 e. The Morgan fingerprint density at radius 3 is 2.56 bits per heavy atom. The van der Waals surface area contributed by atoms with Gasteiger partial charge in [-0.2, -0.15) is 5.10 Å². The first-order valence-corrected chi connectivity index (χ1v) is 8.93. The zero-order chi connectivity index (χ0) is 19.8. The van der Waals surface area contributed by atoms with Crippen LogP contribution in [0.3, 0.4) is 0 Å². The van der Waals surface area contributed by atoms with E-state index in [4.69, 9.17) is 19.9 Å². The van der Waals surface area contributed by atoms with Crippen molar-refractivity contribution in [1.29, 1.82) is 0 Å². The zero-order valence-corrected chi connectivity index (χ0v) is 16.8. The number of esters is 1. The number of carbonyl (C=O) groups excluding carboxylic acids is 2. The fourth-order valence-electron chi connectivity index (χ4n) is 2.07. The van der Waals surface area contributed by atoms with Gasteiger partial charge in [0.05, 0.1) is 29.1 Å². The summed E-state index contributed by atoms with van der Waals surface area (Å²) in [6.45, 7) is 2.20. The molecule has 0 radical (unpaired) electrons. The van der Waals surface area contributed by atoms with Gasteiger partial charge in [-0.15, -0.1) is 0 Å². The summed E-state index contributed by atoms with van der Waals surface area (Å²) < 4.78 is 16.8. The van der Waals surface area contributed by atoms with Crippen molar-refractivity contribution in [1.82, 2.24) is 5.43 Å². The molecule has 0 aromatic heterocycles. The third-order valence-corrected chi connectivity index (χ3v) is 4.04. The number of hydrazone groups is 1. The second-order valence-corrected chi connectivity index (χ2v) is 6.28. The molecule has 0 atom stereocenters. The number of hydrogen-bond donors (Lipinski definition) is 2. The van der Waals surface area contributed by atoms with Gasteiger partial charge in [0.25, 0.3) is 0 Å². The predicted molar refractivity (Wildman–Crippen MR) is 109 cm³/mol. The van der Waals surface area contributed by atoms with E-state index in [9.17, 15) is 9.59 Å². The van der Waals surface area contributed by atoms with Gasteiger partial charge in [0, 0.05) is 0 Å². The number of primary amides is 1. The minimum absolute atomic E-state index is 0.304. The number of halogens is 1. The summed E-state index contributed by atoms with van der Waals surface area (Å²) in [5.41, 5.74) is 8.09. The van der Waals surface area contributed by atoms with Crippen LogP contribution in [-0.4, -0.2) is 31.9 Å². The van der Waals surface area contributed by atoms with Crippen LogP contribution in [-0.2, 0) is 0 Å². The third kappa shape index (κ3) is 5.84. The van der Waals surface area contributed by atoms with Gasteiger partial charge in [0.15, 0.2) is 11.5 Å². The zero-order valence-electron chi connectivity index (χ0n) is 14.7. The number of rotatable bonds is 7. The van der Waals surface area contributed by atoms with Gasteiger partial charge < -0.3 is 19.9 Å². The van der Waals surface area contributed by atoms with E-state index in [1.807, 2.05) is 29.5 Å². The van der Waals surface area contributed by atoms with Crippen LogP contribution in [0.2, 0.25) is 0 Å². The van der Waals surface area contributed by atoms with Crippen molar-refractivity contribution in [2.75, 3.05) is 13.7 Å².